The van der Waals surface area contributed by atoms with Crippen LogP contribution >= 0.6 is 15.9 Å². The van der Waals surface area contributed by atoms with Crippen molar-refractivity contribution in [1.29, 1.82) is 5.26 Å². The smallest absolute Gasteiger partial charge is 0.205 e. The van der Waals surface area contributed by atoms with Crippen molar-refractivity contribution < 1.29 is 9.53 Å². The molecule has 0 spiro atoms. The van der Waals surface area contributed by atoms with Crippen molar-refractivity contribution >= 4 is 32.6 Å². The Kier molecular flexibility index (Phi) is 3.47. The fraction of sp³-hybridized carbons (Fsp3) is 0.222. The number of fused-ring (bicyclic) bond motifs is 1. The molecule has 2 aliphatic rings. The summed E-state index contributed by atoms with van der Waals surface area (Å²) in [5.74, 6) is 0.262. The lowest BCUT2D eigenvalue weighted by Crippen LogP contribution is -2.27. The van der Waals surface area contributed by atoms with Crippen molar-refractivity contribution in [2.45, 2.75) is 25.2 Å². The van der Waals surface area contributed by atoms with Crippen LogP contribution in [0.1, 0.15) is 30.7 Å². The topological polar surface area (TPSA) is 91.9 Å². The third-order valence-electron chi connectivity index (χ3n) is 4.59. The van der Waals surface area contributed by atoms with E-state index >= 15 is 0 Å². The minimum Gasteiger partial charge on any atom is -0.444 e. The van der Waals surface area contributed by atoms with E-state index in [9.17, 15) is 10.1 Å². The summed E-state index contributed by atoms with van der Waals surface area (Å²) in [4.78, 5) is 15.8. The highest BCUT2D eigenvalue weighted by molar-refractivity contribution is 9.10. The third kappa shape index (κ3) is 2.16. The van der Waals surface area contributed by atoms with Crippen LogP contribution in [0.5, 0.6) is 0 Å². The Morgan fingerprint density at radius 3 is 3.00 bits per heavy atom. The summed E-state index contributed by atoms with van der Waals surface area (Å²) < 4.78 is 6.54. The average molecular weight is 384 g/mol. The Balaban J connectivity index is 1.99. The summed E-state index contributed by atoms with van der Waals surface area (Å²) in [7, 11) is 0. The molecule has 0 amide bonds. The highest BCUT2D eigenvalue weighted by Gasteiger charge is 2.38. The second-order valence-corrected chi connectivity index (χ2v) is 6.89. The SMILES string of the molecule is N#CC1=C(N)OC2=C(C(=O)CCC2)[C@H]1c1c[nH]c2ccc(Br)cc12. The molecule has 0 unspecified atom stereocenters. The Labute approximate surface area is 146 Å². The van der Waals surface area contributed by atoms with Gasteiger partial charge in [-0.25, -0.2) is 0 Å². The lowest BCUT2D eigenvalue weighted by molar-refractivity contribution is -0.116. The number of halogens is 1. The van der Waals surface area contributed by atoms with Gasteiger partial charge in [0.2, 0.25) is 5.88 Å². The van der Waals surface area contributed by atoms with Gasteiger partial charge < -0.3 is 15.5 Å². The monoisotopic (exact) mass is 383 g/mol. The molecular formula is C18H14BrN3O2. The van der Waals surface area contributed by atoms with Crippen LogP contribution in [-0.4, -0.2) is 10.8 Å². The molecule has 1 aliphatic carbocycles. The van der Waals surface area contributed by atoms with Crippen LogP contribution in [-0.2, 0) is 9.53 Å². The number of rotatable bonds is 1. The number of carbonyl (C=O) groups is 1. The molecule has 0 radical (unpaired) electrons. The maximum atomic E-state index is 12.6. The number of aromatic amines is 1. The van der Waals surface area contributed by atoms with Gasteiger partial charge in [0.15, 0.2) is 5.78 Å². The van der Waals surface area contributed by atoms with Crippen molar-refractivity contribution in [2.75, 3.05) is 0 Å². The van der Waals surface area contributed by atoms with E-state index in [1.165, 1.54) is 0 Å². The van der Waals surface area contributed by atoms with Crippen molar-refractivity contribution in [3.8, 4) is 6.07 Å². The molecule has 2 heterocycles. The first kappa shape index (κ1) is 15.0. The summed E-state index contributed by atoms with van der Waals surface area (Å²) in [5.41, 5.74) is 8.67. The van der Waals surface area contributed by atoms with Gasteiger partial charge in [-0.15, -0.1) is 0 Å². The maximum absolute atomic E-state index is 12.6. The number of H-pyrrole nitrogens is 1. The van der Waals surface area contributed by atoms with Crippen molar-refractivity contribution in [3.05, 3.63) is 57.2 Å². The molecular weight excluding hydrogens is 370 g/mol. The first-order valence-corrected chi connectivity index (χ1v) is 8.50. The number of carbonyl (C=O) groups excluding carboxylic acids is 1. The molecule has 0 saturated carbocycles. The first-order chi connectivity index (χ1) is 11.6. The van der Waals surface area contributed by atoms with Crippen LogP contribution < -0.4 is 5.73 Å². The normalized spacial score (nSPS) is 20.8. The molecule has 1 aromatic heterocycles. The maximum Gasteiger partial charge on any atom is 0.205 e. The van der Waals surface area contributed by atoms with Crippen LogP contribution in [0.15, 0.2) is 51.7 Å². The quantitative estimate of drug-likeness (QED) is 0.784. The summed E-state index contributed by atoms with van der Waals surface area (Å²) in [6, 6.07) is 8.02. The fourth-order valence-electron chi connectivity index (χ4n) is 3.52. The van der Waals surface area contributed by atoms with Gasteiger partial charge in [-0.3, -0.25) is 4.79 Å². The Bertz CT molecular complexity index is 978. The van der Waals surface area contributed by atoms with Gasteiger partial charge in [-0.2, -0.15) is 5.26 Å². The number of Topliss-reactive ketones (excluding diaryl/α,β-unsaturated/α-hetero) is 1. The van der Waals surface area contributed by atoms with E-state index in [-0.39, 0.29) is 11.7 Å². The molecule has 0 saturated heterocycles. The highest BCUT2D eigenvalue weighted by atomic mass is 79.9. The van der Waals surface area contributed by atoms with E-state index in [0.717, 1.165) is 27.4 Å². The molecule has 1 aromatic carbocycles. The molecule has 1 aliphatic heterocycles. The molecule has 0 bridgehead atoms. The van der Waals surface area contributed by atoms with Crippen LogP contribution in [0.3, 0.4) is 0 Å². The van der Waals surface area contributed by atoms with Gasteiger partial charge >= 0.3 is 0 Å². The van der Waals surface area contributed by atoms with Crippen molar-refractivity contribution in [3.63, 3.8) is 0 Å². The summed E-state index contributed by atoms with van der Waals surface area (Å²) in [6.07, 6.45) is 3.75. The molecule has 120 valence electrons. The number of ketones is 1. The molecule has 0 fully saturated rings. The molecule has 4 rings (SSSR count). The number of nitrogens with two attached hydrogens (primary N) is 1. The second kappa shape index (κ2) is 5.53. The summed E-state index contributed by atoms with van der Waals surface area (Å²) in [5, 5.41) is 10.6. The number of nitrogens with one attached hydrogen (secondary N) is 1. The standard InChI is InChI=1S/C18H14BrN3O2/c19-9-4-5-13-10(6-9)12(8-22-13)16-11(7-20)18(21)24-15-3-1-2-14(23)17(15)16/h4-6,8,16,22H,1-3,21H2/t16-/m1/s1. The lowest BCUT2D eigenvalue weighted by atomic mass is 9.77. The predicted molar refractivity (Wildman–Crippen MR) is 92.5 cm³/mol. The number of hydrogen-bond acceptors (Lipinski definition) is 4. The largest absolute Gasteiger partial charge is 0.444 e. The number of allylic oxidation sites excluding steroid dienone is 3. The molecule has 6 heteroatoms. The van der Waals surface area contributed by atoms with E-state index in [1.54, 1.807) is 0 Å². The number of nitrogens with zero attached hydrogens (tertiary/aromatic N) is 1. The lowest BCUT2D eigenvalue weighted by Gasteiger charge is -2.30. The molecule has 2 aromatic rings. The van der Waals surface area contributed by atoms with Gasteiger partial charge in [-0.05, 0) is 30.2 Å². The van der Waals surface area contributed by atoms with Crippen LogP contribution in [0.4, 0.5) is 0 Å². The van der Waals surface area contributed by atoms with Crippen LogP contribution in [0, 0.1) is 11.3 Å². The van der Waals surface area contributed by atoms with Crippen molar-refractivity contribution in [2.24, 2.45) is 5.73 Å². The fourth-order valence-corrected chi connectivity index (χ4v) is 3.88. The molecule has 24 heavy (non-hydrogen) atoms. The minimum atomic E-state index is -0.477. The number of aromatic nitrogens is 1. The van der Waals surface area contributed by atoms with Gasteiger partial charge in [0.25, 0.3) is 0 Å². The van der Waals surface area contributed by atoms with Gasteiger partial charge in [0.05, 0.1) is 5.92 Å². The van der Waals surface area contributed by atoms with Gasteiger partial charge in [0, 0.05) is 40.0 Å². The first-order valence-electron chi connectivity index (χ1n) is 7.70. The van der Waals surface area contributed by atoms with E-state index in [0.29, 0.717) is 29.7 Å². The third-order valence-corrected chi connectivity index (χ3v) is 5.08. The predicted octanol–water partition coefficient (Wildman–Crippen LogP) is 3.75. The number of ether oxygens (including phenoxy) is 1. The zero-order valence-electron chi connectivity index (χ0n) is 12.7. The van der Waals surface area contributed by atoms with E-state index < -0.39 is 5.92 Å². The van der Waals surface area contributed by atoms with Crippen LogP contribution in [0.25, 0.3) is 10.9 Å². The van der Waals surface area contributed by atoms with Gasteiger partial charge in [-0.1, -0.05) is 15.9 Å². The summed E-state index contributed by atoms with van der Waals surface area (Å²) in [6.45, 7) is 0. The molecule has 5 nitrogen and oxygen atoms in total. The zero-order valence-corrected chi connectivity index (χ0v) is 14.3. The van der Waals surface area contributed by atoms with Gasteiger partial charge in [0.1, 0.15) is 17.4 Å². The average Bonchev–Trinajstić information content (AvgIpc) is 2.96. The zero-order chi connectivity index (χ0) is 16.8. The Morgan fingerprint density at radius 1 is 1.38 bits per heavy atom. The molecule has 1 atom stereocenters. The van der Waals surface area contributed by atoms with E-state index in [1.807, 2.05) is 24.4 Å². The van der Waals surface area contributed by atoms with Crippen LogP contribution in [0.2, 0.25) is 0 Å². The highest BCUT2D eigenvalue weighted by Crippen LogP contribution is 2.45. The number of nitriles is 1. The van der Waals surface area contributed by atoms with Crippen molar-refractivity contribution in [1.82, 2.24) is 4.98 Å². The Hall–Kier alpha value is -2.52. The van der Waals surface area contributed by atoms with E-state index in [2.05, 4.69) is 27.0 Å². The number of hydrogen-bond donors (Lipinski definition) is 2. The Morgan fingerprint density at radius 2 is 2.21 bits per heavy atom. The summed E-state index contributed by atoms with van der Waals surface area (Å²) >= 11 is 3.48. The number of benzene rings is 1. The molecule has 3 N–H and O–H groups in total. The minimum absolute atomic E-state index is 0.0332. The second-order valence-electron chi connectivity index (χ2n) is 5.97. The van der Waals surface area contributed by atoms with E-state index in [4.69, 9.17) is 10.5 Å².